The molecule has 116 valence electrons. The Morgan fingerprint density at radius 2 is 2.25 bits per heavy atom. The van der Waals surface area contributed by atoms with Gasteiger partial charge in [-0.25, -0.2) is 18.1 Å². The van der Waals surface area contributed by atoms with Gasteiger partial charge in [0.15, 0.2) is 5.03 Å². The lowest BCUT2D eigenvalue weighted by Crippen LogP contribution is -2.27. The van der Waals surface area contributed by atoms with Crippen molar-refractivity contribution >= 4 is 21.6 Å². The second-order valence-electron chi connectivity index (χ2n) is 4.56. The van der Waals surface area contributed by atoms with E-state index < -0.39 is 10.0 Å². The number of nitrogens with one attached hydrogen (secondary N) is 1. The Hall–Kier alpha value is -0.630. The number of alkyl halides is 1. The van der Waals surface area contributed by atoms with Gasteiger partial charge >= 0.3 is 0 Å². The molecular formula is C12H22ClN3O3S. The molecule has 0 spiro atoms. The van der Waals surface area contributed by atoms with Gasteiger partial charge in [-0.1, -0.05) is 6.92 Å². The van der Waals surface area contributed by atoms with E-state index in [0.29, 0.717) is 18.9 Å². The number of methoxy groups -OCH3 is 1. The lowest BCUT2D eigenvalue weighted by molar-refractivity contribution is 0.196. The van der Waals surface area contributed by atoms with Crippen molar-refractivity contribution in [3.63, 3.8) is 0 Å². The summed E-state index contributed by atoms with van der Waals surface area (Å²) >= 11 is 5.95. The molecule has 1 unspecified atom stereocenters. The molecule has 1 aromatic heterocycles. The van der Waals surface area contributed by atoms with Crippen molar-refractivity contribution in [2.75, 3.05) is 20.3 Å². The highest BCUT2D eigenvalue weighted by Crippen LogP contribution is 2.10. The standard InChI is InChI=1S/C12H22ClN3O3S/c1-4-7-16-8-12(15-10(16)2)20(17,18)14-6-5-11(13)9-19-3/h8,11,14H,4-7,9H2,1-3H3. The number of rotatable bonds is 9. The second-order valence-corrected chi connectivity index (χ2v) is 6.89. The fraction of sp³-hybridized carbons (Fsp3) is 0.750. The van der Waals surface area contributed by atoms with Crippen LogP contribution in [0.5, 0.6) is 0 Å². The quantitative estimate of drug-likeness (QED) is 0.699. The van der Waals surface area contributed by atoms with Crippen molar-refractivity contribution in [1.29, 1.82) is 0 Å². The minimum absolute atomic E-state index is 0.0568. The first kappa shape index (κ1) is 17.4. The maximum Gasteiger partial charge on any atom is 0.259 e. The van der Waals surface area contributed by atoms with Crippen molar-refractivity contribution in [2.24, 2.45) is 0 Å². The van der Waals surface area contributed by atoms with Gasteiger partial charge in [0.25, 0.3) is 10.0 Å². The van der Waals surface area contributed by atoms with Crippen LogP contribution in [-0.4, -0.2) is 43.6 Å². The van der Waals surface area contributed by atoms with Crippen molar-refractivity contribution < 1.29 is 13.2 Å². The van der Waals surface area contributed by atoms with Gasteiger partial charge in [-0.15, -0.1) is 11.6 Å². The van der Waals surface area contributed by atoms with Gasteiger partial charge in [0, 0.05) is 26.4 Å². The first-order valence-corrected chi connectivity index (χ1v) is 8.49. The van der Waals surface area contributed by atoms with Gasteiger partial charge in [0.1, 0.15) is 5.82 Å². The summed E-state index contributed by atoms with van der Waals surface area (Å²) in [5, 5.41) is -0.150. The molecular weight excluding hydrogens is 302 g/mol. The van der Waals surface area contributed by atoms with Gasteiger partial charge < -0.3 is 9.30 Å². The van der Waals surface area contributed by atoms with Crippen LogP contribution >= 0.6 is 11.6 Å². The molecule has 0 amide bonds. The van der Waals surface area contributed by atoms with Crippen molar-refractivity contribution in [2.45, 2.75) is 43.6 Å². The molecule has 20 heavy (non-hydrogen) atoms. The van der Waals surface area contributed by atoms with Gasteiger partial charge in [-0.05, 0) is 19.8 Å². The number of aryl methyl sites for hydroxylation is 2. The first-order valence-electron chi connectivity index (χ1n) is 6.57. The zero-order chi connectivity index (χ0) is 15.2. The molecule has 0 saturated heterocycles. The number of ether oxygens (including phenoxy) is 1. The Bertz CT molecular complexity index is 516. The highest BCUT2D eigenvalue weighted by molar-refractivity contribution is 7.89. The van der Waals surface area contributed by atoms with Crippen LogP contribution in [0.2, 0.25) is 0 Å². The van der Waals surface area contributed by atoms with Gasteiger partial charge in [-0.3, -0.25) is 0 Å². The van der Waals surface area contributed by atoms with Gasteiger partial charge in [-0.2, -0.15) is 0 Å². The highest BCUT2D eigenvalue weighted by Gasteiger charge is 2.19. The van der Waals surface area contributed by atoms with Crippen molar-refractivity contribution in [3.05, 3.63) is 12.0 Å². The lowest BCUT2D eigenvalue weighted by Gasteiger charge is -2.08. The normalized spacial score (nSPS) is 13.6. The molecule has 0 aromatic carbocycles. The predicted octanol–water partition coefficient (Wildman–Crippen LogP) is 1.52. The third kappa shape index (κ3) is 5.05. The molecule has 0 bridgehead atoms. The lowest BCUT2D eigenvalue weighted by atomic mass is 10.3. The summed E-state index contributed by atoms with van der Waals surface area (Å²) in [6.07, 6.45) is 2.99. The van der Waals surface area contributed by atoms with Crippen LogP contribution in [0.3, 0.4) is 0 Å². The molecule has 6 nitrogen and oxygen atoms in total. The Kier molecular flexibility index (Phi) is 6.94. The number of aromatic nitrogens is 2. The summed E-state index contributed by atoms with van der Waals surface area (Å²) in [5.74, 6) is 0.696. The molecule has 1 aromatic rings. The zero-order valence-corrected chi connectivity index (χ0v) is 13.7. The topological polar surface area (TPSA) is 73.2 Å². The summed E-state index contributed by atoms with van der Waals surface area (Å²) in [6.45, 7) is 5.24. The fourth-order valence-electron chi connectivity index (χ4n) is 1.76. The van der Waals surface area contributed by atoms with E-state index >= 15 is 0 Å². The zero-order valence-electron chi connectivity index (χ0n) is 12.1. The Morgan fingerprint density at radius 1 is 1.55 bits per heavy atom. The Morgan fingerprint density at radius 3 is 2.85 bits per heavy atom. The van der Waals surface area contributed by atoms with Crippen LogP contribution in [-0.2, 0) is 21.3 Å². The summed E-state index contributed by atoms with van der Waals surface area (Å²) < 4.78 is 33.4. The van der Waals surface area contributed by atoms with Crippen molar-refractivity contribution in [1.82, 2.24) is 14.3 Å². The van der Waals surface area contributed by atoms with Crippen LogP contribution in [0.25, 0.3) is 0 Å². The average Bonchev–Trinajstić information content (AvgIpc) is 2.72. The summed E-state index contributed by atoms with van der Waals surface area (Å²) in [7, 11) is -2.01. The number of hydrogen-bond donors (Lipinski definition) is 1. The third-order valence-corrected chi connectivity index (χ3v) is 4.47. The summed E-state index contributed by atoms with van der Waals surface area (Å²) in [6, 6.07) is 0. The van der Waals surface area contributed by atoms with Crippen molar-refractivity contribution in [3.8, 4) is 0 Å². The molecule has 1 rings (SSSR count). The Labute approximate surface area is 125 Å². The van der Waals surface area contributed by atoms with E-state index in [2.05, 4.69) is 9.71 Å². The highest BCUT2D eigenvalue weighted by atomic mass is 35.5. The molecule has 0 aliphatic rings. The largest absolute Gasteiger partial charge is 0.383 e. The van der Waals surface area contributed by atoms with Crippen LogP contribution in [0.4, 0.5) is 0 Å². The SMILES string of the molecule is CCCn1cc(S(=O)(=O)NCCC(Cl)COC)nc1C. The predicted molar refractivity (Wildman–Crippen MR) is 78.6 cm³/mol. The molecule has 0 saturated carbocycles. The van der Waals surface area contributed by atoms with E-state index in [1.54, 1.807) is 20.2 Å². The molecule has 0 fully saturated rings. The molecule has 1 N–H and O–H groups in total. The molecule has 0 aliphatic carbocycles. The molecule has 0 radical (unpaired) electrons. The number of nitrogens with zero attached hydrogens (tertiary/aromatic N) is 2. The molecule has 0 aliphatic heterocycles. The summed E-state index contributed by atoms with van der Waals surface area (Å²) in [4.78, 5) is 4.09. The second kappa shape index (κ2) is 7.97. The van der Waals surface area contributed by atoms with E-state index in [1.807, 2.05) is 11.5 Å². The van der Waals surface area contributed by atoms with E-state index in [-0.39, 0.29) is 16.9 Å². The van der Waals surface area contributed by atoms with Crippen LogP contribution in [0, 0.1) is 6.92 Å². The van der Waals surface area contributed by atoms with Gasteiger partial charge in [0.2, 0.25) is 0 Å². The minimum Gasteiger partial charge on any atom is -0.383 e. The monoisotopic (exact) mass is 323 g/mol. The number of hydrogen-bond acceptors (Lipinski definition) is 4. The van der Waals surface area contributed by atoms with E-state index in [4.69, 9.17) is 16.3 Å². The minimum atomic E-state index is -3.57. The van der Waals surface area contributed by atoms with Gasteiger partial charge in [0.05, 0.1) is 12.0 Å². The Balaban J connectivity index is 2.62. The first-order chi connectivity index (χ1) is 9.40. The van der Waals surface area contributed by atoms with E-state index in [1.165, 1.54) is 0 Å². The van der Waals surface area contributed by atoms with Crippen LogP contribution in [0.15, 0.2) is 11.2 Å². The van der Waals surface area contributed by atoms with Crippen LogP contribution < -0.4 is 4.72 Å². The summed E-state index contributed by atoms with van der Waals surface area (Å²) in [5.41, 5.74) is 0. The fourth-order valence-corrected chi connectivity index (χ4v) is 3.05. The third-order valence-electron chi connectivity index (χ3n) is 2.79. The maximum atomic E-state index is 12.1. The smallest absolute Gasteiger partial charge is 0.259 e. The number of sulfonamides is 1. The van der Waals surface area contributed by atoms with E-state index in [0.717, 1.165) is 13.0 Å². The number of halogens is 1. The van der Waals surface area contributed by atoms with Crippen LogP contribution in [0.1, 0.15) is 25.6 Å². The number of imidazole rings is 1. The molecule has 1 heterocycles. The molecule has 8 heteroatoms. The maximum absolute atomic E-state index is 12.1. The average molecular weight is 324 g/mol. The molecule has 1 atom stereocenters. The van der Waals surface area contributed by atoms with E-state index in [9.17, 15) is 8.42 Å².